The molecule has 1 amide bonds. The van der Waals surface area contributed by atoms with Crippen molar-refractivity contribution in [2.45, 2.75) is 20.5 Å². The van der Waals surface area contributed by atoms with Crippen LogP contribution >= 0.6 is 34.8 Å². The van der Waals surface area contributed by atoms with Crippen LogP contribution in [0.2, 0.25) is 15.1 Å². The number of carbonyl (C=O) groups excluding carboxylic acids is 1. The molecule has 3 aromatic rings. The van der Waals surface area contributed by atoms with Crippen molar-refractivity contribution in [2.75, 3.05) is 11.9 Å². The topological polar surface area (TPSA) is 71.3 Å². The summed E-state index contributed by atoms with van der Waals surface area (Å²) in [6.45, 7) is 4.35. The summed E-state index contributed by atoms with van der Waals surface area (Å²) in [5.41, 5.74) is 2.78. The number of nitrogens with zero attached hydrogens (tertiary/aromatic N) is 1. The minimum absolute atomic E-state index is 0.0544. The molecule has 0 aromatic heterocycles. The molecule has 0 saturated heterocycles. The van der Waals surface area contributed by atoms with Crippen molar-refractivity contribution < 1.29 is 14.3 Å². The number of benzene rings is 3. The molecule has 3 rings (SSSR count). The summed E-state index contributed by atoms with van der Waals surface area (Å²) in [6.07, 6.45) is 1.49. The van der Waals surface area contributed by atoms with Crippen molar-refractivity contribution >= 4 is 52.5 Å². The van der Waals surface area contributed by atoms with Gasteiger partial charge >= 0.3 is 0 Å². The predicted molar refractivity (Wildman–Crippen MR) is 137 cm³/mol. The Kier molecular flexibility index (Phi) is 8.84. The molecule has 0 atom stereocenters. The van der Waals surface area contributed by atoms with Gasteiger partial charge < -0.3 is 14.8 Å². The van der Waals surface area contributed by atoms with Gasteiger partial charge in [-0.2, -0.15) is 5.26 Å². The van der Waals surface area contributed by atoms with Crippen LogP contribution in [-0.4, -0.2) is 12.5 Å². The highest BCUT2D eigenvalue weighted by Gasteiger charge is 2.13. The van der Waals surface area contributed by atoms with Gasteiger partial charge in [-0.25, -0.2) is 0 Å². The molecule has 0 aliphatic heterocycles. The summed E-state index contributed by atoms with van der Waals surface area (Å²) in [5.74, 6) is 0.484. The van der Waals surface area contributed by atoms with Gasteiger partial charge in [0, 0.05) is 10.7 Å². The number of hydrogen-bond donors (Lipinski definition) is 1. The van der Waals surface area contributed by atoms with Gasteiger partial charge in [-0.05, 0) is 79.1 Å². The van der Waals surface area contributed by atoms with Crippen LogP contribution < -0.4 is 14.8 Å². The van der Waals surface area contributed by atoms with Gasteiger partial charge in [-0.1, -0.05) is 46.9 Å². The molecule has 0 aliphatic rings. The van der Waals surface area contributed by atoms with E-state index in [1.807, 2.05) is 26.0 Å². The van der Waals surface area contributed by atoms with Crippen molar-refractivity contribution in [3.8, 4) is 17.6 Å². The molecular weight excluding hydrogens is 495 g/mol. The fourth-order valence-electron chi connectivity index (χ4n) is 3.06. The highest BCUT2D eigenvalue weighted by atomic mass is 35.5. The Labute approximate surface area is 213 Å². The number of nitrogens with one attached hydrogen (secondary N) is 1. The molecule has 0 fully saturated rings. The van der Waals surface area contributed by atoms with E-state index in [9.17, 15) is 10.1 Å². The average molecular weight is 516 g/mol. The van der Waals surface area contributed by atoms with Crippen LogP contribution in [0, 0.1) is 18.3 Å². The second-order valence-corrected chi connectivity index (χ2v) is 8.51. The lowest BCUT2D eigenvalue weighted by atomic mass is 10.1. The maximum atomic E-state index is 12.7. The first-order chi connectivity index (χ1) is 16.3. The zero-order chi connectivity index (χ0) is 24.7. The number of nitriles is 1. The quantitative estimate of drug-likeness (QED) is 0.249. The first-order valence-electron chi connectivity index (χ1n) is 10.3. The molecule has 0 unspecified atom stereocenters. The van der Waals surface area contributed by atoms with Crippen molar-refractivity contribution in [2.24, 2.45) is 0 Å². The average Bonchev–Trinajstić information content (AvgIpc) is 2.81. The van der Waals surface area contributed by atoms with Gasteiger partial charge in [-0.3, -0.25) is 4.79 Å². The Balaban J connectivity index is 1.79. The van der Waals surface area contributed by atoms with E-state index in [2.05, 4.69) is 5.32 Å². The molecule has 0 saturated carbocycles. The van der Waals surface area contributed by atoms with E-state index in [0.29, 0.717) is 44.4 Å². The van der Waals surface area contributed by atoms with Crippen LogP contribution in [-0.2, 0) is 11.4 Å². The zero-order valence-corrected chi connectivity index (χ0v) is 20.8. The second-order valence-electron chi connectivity index (χ2n) is 7.26. The SMILES string of the molecule is CCOc1cc(/C=C(\C#N)C(=O)Nc2ccc(Cl)cc2C)ccc1OCc1ccc(Cl)c(Cl)c1. The Morgan fingerprint density at radius 1 is 1.00 bits per heavy atom. The lowest BCUT2D eigenvalue weighted by Gasteiger charge is -2.13. The highest BCUT2D eigenvalue weighted by Crippen LogP contribution is 2.31. The van der Waals surface area contributed by atoms with Crippen molar-refractivity contribution in [3.05, 3.63) is 91.9 Å². The van der Waals surface area contributed by atoms with E-state index in [1.165, 1.54) is 6.08 Å². The number of hydrogen-bond acceptors (Lipinski definition) is 4. The van der Waals surface area contributed by atoms with Gasteiger partial charge in [0.05, 0.1) is 16.7 Å². The van der Waals surface area contributed by atoms with Crippen LogP contribution in [0.4, 0.5) is 5.69 Å². The fourth-order valence-corrected chi connectivity index (χ4v) is 3.61. The maximum absolute atomic E-state index is 12.7. The third-order valence-corrected chi connectivity index (χ3v) is 5.73. The predicted octanol–water partition coefficient (Wildman–Crippen LogP) is 7.48. The normalized spacial score (nSPS) is 11.0. The monoisotopic (exact) mass is 514 g/mol. The van der Waals surface area contributed by atoms with E-state index in [4.69, 9.17) is 44.3 Å². The molecule has 3 aromatic carbocycles. The van der Waals surface area contributed by atoms with Gasteiger partial charge in [0.2, 0.25) is 0 Å². The van der Waals surface area contributed by atoms with E-state index >= 15 is 0 Å². The van der Waals surface area contributed by atoms with Crippen molar-refractivity contribution in [1.29, 1.82) is 5.26 Å². The molecule has 0 aliphatic carbocycles. The maximum Gasteiger partial charge on any atom is 0.266 e. The Morgan fingerprint density at radius 2 is 1.79 bits per heavy atom. The summed E-state index contributed by atoms with van der Waals surface area (Å²) in [6, 6.07) is 17.5. The van der Waals surface area contributed by atoms with E-state index < -0.39 is 5.91 Å². The van der Waals surface area contributed by atoms with Gasteiger partial charge in [0.25, 0.3) is 5.91 Å². The van der Waals surface area contributed by atoms with Crippen LogP contribution in [0.15, 0.2) is 60.2 Å². The standard InChI is InChI=1S/C26H21Cl3N2O3/c1-3-33-25-13-17(5-9-24(25)34-15-18-4-7-21(28)22(29)12-18)11-19(14-30)26(32)31-23-8-6-20(27)10-16(23)2/h4-13H,3,15H2,1-2H3,(H,31,32)/b19-11+. The first kappa shape index (κ1) is 25.5. The Bertz CT molecular complexity index is 1280. The van der Waals surface area contributed by atoms with Crippen LogP contribution in [0.3, 0.4) is 0 Å². The molecular formula is C26H21Cl3N2O3. The lowest BCUT2D eigenvalue weighted by molar-refractivity contribution is -0.112. The molecule has 8 heteroatoms. The van der Waals surface area contributed by atoms with E-state index in [-0.39, 0.29) is 12.2 Å². The molecule has 1 N–H and O–H groups in total. The summed E-state index contributed by atoms with van der Waals surface area (Å²) in [5, 5.41) is 13.8. The molecule has 34 heavy (non-hydrogen) atoms. The Morgan fingerprint density at radius 3 is 2.47 bits per heavy atom. The first-order valence-corrected chi connectivity index (χ1v) is 11.5. The number of anilines is 1. The largest absolute Gasteiger partial charge is 0.490 e. The third kappa shape index (κ3) is 6.68. The number of carbonyl (C=O) groups is 1. The minimum atomic E-state index is -0.522. The third-order valence-electron chi connectivity index (χ3n) is 4.76. The lowest BCUT2D eigenvalue weighted by Crippen LogP contribution is -2.14. The van der Waals surface area contributed by atoms with Crippen molar-refractivity contribution in [3.63, 3.8) is 0 Å². The number of amides is 1. The molecule has 0 spiro atoms. The molecule has 0 heterocycles. The molecule has 0 bridgehead atoms. The second kappa shape index (κ2) is 11.8. The molecule has 174 valence electrons. The van der Waals surface area contributed by atoms with Gasteiger partial charge in [-0.15, -0.1) is 0 Å². The minimum Gasteiger partial charge on any atom is -0.490 e. The van der Waals surface area contributed by atoms with Crippen LogP contribution in [0.25, 0.3) is 6.08 Å². The summed E-state index contributed by atoms with van der Waals surface area (Å²) in [7, 11) is 0. The van der Waals surface area contributed by atoms with E-state index in [0.717, 1.165) is 11.1 Å². The Hall–Kier alpha value is -3.17. The number of halogens is 3. The fraction of sp³-hybridized carbons (Fsp3) is 0.154. The molecule has 0 radical (unpaired) electrons. The molecule has 5 nitrogen and oxygen atoms in total. The summed E-state index contributed by atoms with van der Waals surface area (Å²) >= 11 is 18.0. The van der Waals surface area contributed by atoms with E-state index in [1.54, 1.807) is 48.5 Å². The summed E-state index contributed by atoms with van der Waals surface area (Å²) < 4.78 is 11.6. The highest BCUT2D eigenvalue weighted by molar-refractivity contribution is 6.42. The summed E-state index contributed by atoms with van der Waals surface area (Å²) in [4.78, 5) is 12.7. The zero-order valence-electron chi connectivity index (χ0n) is 18.5. The van der Waals surface area contributed by atoms with Crippen LogP contribution in [0.5, 0.6) is 11.5 Å². The number of ether oxygens (including phenoxy) is 2. The van der Waals surface area contributed by atoms with Gasteiger partial charge in [0.1, 0.15) is 18.2 Å². The smallest absolute Gasteiger partial charge is 0.266 e. The van der Waals surface area contributed by atoms with Crippen molar-refractivity contribution in [1.82, 2.24) is 0 Å². The number of aryl methyl sites for hydroxylation is 1. The van der Waals surface area contributed by atoms with Crippen LogP contribution in [0.1, 0.15) is 23.6 Å². The van der Waals surface area contributed by atoms with Gasteiger partial charge in [0.15, 0.2) is 11.5 Å². The number of rotatable bonds is 8.